The molecule has 6 atom stereocenters. The Morgan fingerprint density at radius 2 is 2.05 bits per heavy atom. The number of hydrogen-bond donors (Lipinski definition) is 0. The summed E-state index contributed by atoms with van der Waals surface area (Å²) in [5.41, 5.74) is 9.72. The highest BCUT2D eigenvalue weighted by Gasteiger charge is 2.47. The Hall–Kier alpha value is -1.63. The van der Waals surface area contributed by atoms with Crippen molar-refractivity contribution in [1.29, 1.82) is 0 Å². The van der Waals surface area contributed by atoms with Crippen molar-refractivity contribution >= 4 is 0 Å². The van der Waals surface area contributed by atoms with Gasteiger partial charge in [-0.25, -0.2) is 0 Å². The van der Waals surface area contributed by atoms with Crippen LogP contribution in [0.3, 0.4) is 0 Å². The third kappa shape index (κ3) is 2.82. The number of hydrogen-bond acceptors (Lipinski definition) is 5. The summed E-state index contributed by atoms with van der Waals surface area (Å²) in [6.45, 7) is 2.40. The summed E-state index contributed by atoms with van der Waals surface area (Å²) in [6.07, 6.45) is -1.45. The lowest BCUT2D eigenvalue weighted by molar-refractivity contribution is -0.330. The smallest absolute Gasteiger partial charge is 0.184 e. The van der Waals surface area contributed by atoms with Crippen molar-refractivity contribution in [2.75, 3.05) is 13.7 Å². The molecular formula is C15H19N3O4. The van der Waals surface area contributed by atoms with Gasteiger partial charge in [0.1, 0.15) is 6.10 Å². The average molecular weight is 305 g/mol. The molecule has 0 N–H and O–H groups in total. The van der Waals surface area contributed by atoms with Crippen LogP contribution < -0.4 is 0 Å². The van der Waals surface area contributed by atoms with Gasteiger partial charge in [-0.3, -0.25) is 0 Å². The van der Waals surface area contributed by atoms with Gasteiger partial charge in [-0.05, 0) is 11.4 Å². The van der Waals surface area contributed by atoms with Gasteiger partial charge in [0.2, 0.25) is 0 Å². The van der Waals surface area contributed by atoms with Crippen molar-refractivity contribution < 1.29 is 18.9 Å². The Bertz CT molecular complexity index is 549. The zero-order valence-electron chi connectivity index (χ0n) is 12.5. The number of methoxy groups -OCH3 is 1. The number of azide groups is 1. The molecular weight excluding hydrogens is 286 g/mol. The third-order valence-electron chi connectivity index (χ3n) is 4.19. The van der Waals surface area contributed by atoms with Gasteiger partial charge >= 0.3 is 0 Å². The summed E-state index contributed by atoms with van der Waals surface area (Å²) < 4.78 is 22.9. The molecule has 0 bridgehead atoms. The molecule has 1 aromatic carbocycles. The molecule has 7 nitrogen and oxygen atoms in total. The van der Waals surface area contributed by atoms with E-state index in [9.17, 15) is 0 Å². The molecule has 3 rings (SSSR count). The van der Waals surface area contributed by atoms with Gasteiger partial charge in [-0.15, -0.1) is 0 Å². The second-order valence-corrected chi connectivity index (χ2v) is 5.51. The van der Waals surface area contributed by atoms with E-state index in [-0.39, 0.29) is 18.1 Å². The van der Waals surface area contributed by atoms with Crippen molar-refractivity contribution in [3.8, 4) is 0 Å². The minimum atomic E-state index is -0.576. The lowest BCUT2D eigenvalue weighted by Crippen LogP contribution is -2.57. The Kier molecular flexibility index (Phi) is 4.61. The molecule has 3 unspecified atom stereocenters. The predicted octanol–water partition coefficient (Wildman–Crippen LogP) is 2.79. The van der Waals surface area contributed by atoms with Crippen molar-refractivity contribution in [3.05, 3.63) is 46.3 Å². The largest absolute Gasteiger partial charge is 0.355 e. The van der Waals surface area contributed by atoms with Crippen LogP contribution in [0.15, 0.2) is 35.4 Å². The average Bonchev–Trinajstić information content (AvgIpc) is 2.58. The molecule has 7 heteroatoms. The fraction of sp³-hybridized carbons (Fsp3) is 0.600. The topological polar surface area (TPSA) is 85.7 Å². The van der Waals surface area contributed by atoms with Gasteiger partial charge in [0, 0.05) is 17.6 Å². The standard InChI is InChI=1S/C15H19N3O4/c1-9-12(17-18-16)15(19-2)21-11-8-20-14(22-13(9)11)10-6-4-3-5-7-10/h3-7,9,11-15H,8H2,1-2H3/t9?,11?,12-,13-,14?,15-/m1/s1. The number of nitrogens with zero attached hydrogens (tertiary/aromatic N) is 3. The molecule has 2 saturated heterocycles. The van der Waals surface area contributed by atoms with Gasteiger partial charge in [0.25, 0.3) is 0 Å². The summed E-state index contributed by atoms with van der Waals surface area (Å²) in [6, 6.07) is 9.33. The predicted molar refractivity (Wildman–Crippen MR) is 77.8 cm³/mol. The normalized spacial score (nSPS) is 37.9. The van der Waals surface area contributed by atoms with Gasteiger partial charge in [0.05, 0.1) is 18.8 Å². The fourth-order valence-electron chi connectivity index (χ4n) is 3.02. The van der Waals surface area contributed by atoms with E-state index in [0.29, 0.717) is 6.61 Å². The molecule has 118 valence electrons. The molecule has 1 aromatic rings. The monoisotopic (exact) mass is 305 g/mol. The summed E-state index contributed by atoms with van der Waals surface area (Å²) in [5.74, 6) is -0.0327. The lowest BCUT2D eigenvalue weighted by Gasteiger charge is -2.47. The van der Waals surface area contributed by atoms with Crippen LogP contribution in [0.25, 0.3) is 10.4 Å². The zero-order chi connectivity index (χ0) is 15.5. The molecule has 0 radical (unpaired) electrons. The van der Waals surface area contributed by atoms with E-state index in [0.717, 1.165) is 5.56 Å². The highest BCUT2D eigenvalue weighted by Crippen LogP contribution is 2.37. The number of ether oxygens (including phenoxy) is 4. The first-order chi connectivity index (χ1) is 10.7. The Morgan fingerprint density at radius 3 is 2.73 bits per heavy atom. The van der Waals surface area contributed by atoms with Crippen LogP contribution in [0.1, 0.15) is 18.8 Å². The first kappa shape index (κ1) is 15.3. The maximum absolute atomic E-state index is 8.76. The molecule has 22 heavy (non-hydrogen) atoms. The first-order valence-corrected chi connectivity index (χ1v) is 7.29. The highest BCUT2D eigenvalue weighted by molar-refractivity contribution is 5.16. The van der Waals surface area contributed by atoms with Gasteiger partial charge in [-0.2, -0.15) is 0 Å². The minimum Gasteiger partial charge on any atom is -0.355 e. The SMILES string of the molecule is CO[C@@H]1OC2COC(c3ccccc3)O[C@@H]2C(C)[C@H]1N=[N+]=[N-]. The van der Waals surface area contributed by atoms with Crippen LogP contribution in [-0.4, -0.2) is 38.3 Å². The maximum Gasteiger partial charge on any atom is 0.184 e. The molecule has 0 aromatic heterocycles. The van der Waals surface area contributed by atoms with Crippen LogP contribution >= 0.6 is 0 Å². The summed E-state index contributed by atoms with van der Waals surface area (Å²) in [5, 5.41) is 3.82. The molecule has 0 saturated carbocycles. The Balaban J connectivity index is 1.79. The molecule has 0 amide bonds. The van der Waals surface area contributed by atoms with Crippen LogP contribution in [-0.2, 0) is 18.9 Å². The van der Waals surface area contributed by atoms with Gasteiger partial charge < -0.3 is 18.9 Å². The number of benzene rings is 1. The van der Waals surface area contributed by atoms with Crippen molar-refractivity contribution in [2.24, 2.45) is 11.0 Å². The van der Waals surface area contributed by atoms with E-state index in [2.05, 4.69) is 10.0 Å². The van der Waals surface area contributed by atoms with Crippen LogP contribution in [0, 0.1) is 5.92 Å². The molecule has 2 aliphatic heterocycles. The number of rotatable bonds is 3. The highest BCUT2D eigenvalue weighted by atomic mass is 16.7. The van der Waals surface area contributed by atoms with Crippen molar-refractivity contribution in [3.63, 3.8) is 0 Å². The van der Waals surface area contributed by atoms with E-state index < -0.39 is 18.6 Å². The third-order valence-corrected chi connectivity index (χ3v) is 4.19. The Labute approximate surface area is 128 Å². The molecule has 2 aliphatic rings. The van der Waals surface area contributed by atoms with Crippen molar-refractivity contribution in [1.82, 2.24) is 0 Å². The fourth-order valence-corrected chi connectivity index (χ4v) is 3.02. The van der Waals surface area contributed by atoms with Gasteiger partial charge in [0.15, 0.2) is 12.6 Å². The summed E-state index contributed by atoms with van der Waals surface area (Å²) in [7, 11) is 1.54. The van der Waals surface area contributed by atoms with Crippen molar-refractivity contribution in [2.45, 2.75) is 37.8 Å². The van der Waals surface area contributed by atoms with Crippen LogP contribution in [0.5, 0.6) is 0 Å². The molecule has 2 heterocycles. The van der Waals surface area contributed by atoms with E-state index >= 15 is 0 Å². The van der Waals surface area contributed by atoms with E-state index in [1.54, 1.807) is 0 Å². The van der Waals surface area contributed by atoms with E-state index in [1.807, 2.05) is 37.3 Å². The second kappa shape index (κ2) is 6.64. The zero-order valence-corrected chi connectivity index (χ0v) is 12.5. The molecule has 0 aliphatic carbocycles. The first-order valence-electron chi connectivity index (χ1n) is 7.29. The van der Waals surface area contributed by atoms with E-state index in [4.69, 9.17) is 24.5 Å². The lowest BCUT2D eigenvalue weighted by atomic mass is 9.88. The summed E-state index contributed by atoms with van der Waals surface area (Å²) >= 11 is 0. The van der Waals surface area contributed by atoms with Crippen LogP contribution in [0.4, 0.5) is 0 Å². The quantitative estimate of drug-likeness (QED) is 0.488. The van der Waals surface area contributed by atoms with Gasteiger partial charge in [-0.1, -0.05) is 42.4 Å². The minimum absolute atomic E-state index is 0.0327. The van der Waals surface area contributed by atoms with E-state index in [1.165, 1.54) is 7.11 Å². The second-order valence-electron chi connectivity index (χ2n) is 5.51. The Morgan fingerprint density at radius 1 is 1.27 bits per heavy atom. The van der Waals surface area contributed by atoms with Crippen LogP contribution in [0.2, 0.25) is 0 Å². The molecule has 2 fully saturated rings. The summed E-state index contributed by atoms with van der Waals surface area (Å²) in [4.78, 5) is 2.90. The molecule has 0 spiro atoms. The number of fused-ring (bicyclic) bond motifs is 1. The maximum atomic E-state index is 8.76.